The third-order valence-corrected chi connectivity index (χ3v) is 3.52. The molecule has 6 nitrogen and oxygen atoms in total. The lowest BCUT2D eigenvalue weighted by Gasteiger charge is -2.26. The topological polar surface area (TPSA) is 75.5 Å². The fourth-order valence-electron chi connectivity index (χ4n) is 2.41. The standard InChI is InChI=1S/C14H18FN3O3/c15-11-4-5-13(18(20)21)12(10-11)16-7-6-14(19)17-8-2-1-3-9-17/h4-5,10,16H,1-3,6-9H2. The Labute approximate surface area is 122 Å². The van der Waals surface area contributed by atoms with E-state index < -0.39 is 10.7 Å². The first-order valence-electron chi connectivity index (χ1n) is 7.03. The fourth-order valence-corrected chi connectivity index (χ4v) is 2.41. The number of piperidine rings is 1. The minimum absolute atomic E-state index is 0.0289. The number of likely N-dealkylation sites (tertiary alicyclic amines) is 1. The number of anilines is 1. The smallest absolute Gasteiger partial charge is 0.292 e. The molecule has 1 aliphatic rings. The van der Waals surface area contributed by atoms with Gasteiger partial charge in [-0.3, -0.25) is 14.9 Å². The molecule has 1 N–H and O–H groups in total. The highest BCUT2D eigenvalue weighted by molar-refractivity contribution is 5.77. The van der Waals surface area contributed by atoms with Crippen LogP contribution in [0.25, 0.3) is 0 Å². The molecule has 1 saturated heterocycles. The van der Waals surface area contributed by atoms with Crippen LogP contribution >= 0.6 is 0 Å². The van der Waals surface area contributed by atoms with Crippen LogP contribution in [-0.4, -0.2) is 35.4 Å². The van der Waals surface area contributed by atoms with Crippen molar-refractivity contribution in [2.75, 3.05) is 25.0 Å². The van der Waals surface area contributed by atoms with E-state index in [0.717, 1.165) is 50.6 Å². The molecule has 1 aromatic rings. The van der Waals surface area contributed by atoms with Gasteiger partial charge in [-0.05, 0) is 25.3 Å². The van der Waals surface area contributed by atoms with Crippen molar-refractivity contribution in [3.63, 3.8) is 0 Å². The fraction of sp³-hybridized carbons (Fsp3) is 0.500. The second-order valence-electron chi connectivity index (χ2n) is 5.04. The number of amides is 1. The van der Waals surface area contributed by atoms with Crippen LogP contribution in [0.1, 0.15) is 25.7 Å². The number of carbonyl (C=O) groups is 1. The molecule has 1 heterocycles. The quantitative estimate of drug-likeness (QED) is 0.669. The molecule has 114 valence electrons. The number of benzene rings is 1. The normalized spacial score (nSPS) is 14.8. The summed E-state index contributed by atoms with van der Waals surface area (Å²) in [7, 11) is 0. The summed E-state index contributed by atoms with van der Waals surface area (Å²) in [5.41, 5.74) is -0.0896. The lowest BCUT2D eigenvalue weighted by atomic mass is 10.1. The zero-order valence-electron chi connectivity index (χ0n) is 11.7. The van der Waals surface area contributed by atoms with Crippen LogP contribution in [0.4, 0.5) is 15.8 Å². The number of carbonyl (C=O) groups excluding carboxylic acids is 1. The molecule has 7 heteroatoms. The van der Waals surface area contributed by atoms with Crippen molar-refractivity contribution >= 4 is 17.3 Å². The summed E-state index contributed by atoms with van der Waals surface area (Å²) in [5, 5.41) is 13.6. The summed E-state index contributed by atoms with van der Waals surface area (Å²) >= 11 is 0. The van der Waals surface area contributed by atoms with Gasteiger partial charge in [0.25, 0.3) is 5.69 Å². The van der Waals surface area contributed by atoms with Crippen molar-refractivity contribution in [2.24, 2.45) is 0 Å². The van der Waals surface area contributed by atoms with E-state index in [2.05, 4.69) is 5.32 Å². The van der Waals surface area contributed by atoms with Gasteiger partial charge in [0, 0.05) is 38.2 Å². The Morgan fingerprint density at radius 2 is 2.05 bits per heavy atom. The van der Waals surface area contributed by atoms with Crippen molar-refractivity contribution in [1.82, 2.24) is 4.90 Å². The molecule has 0 spiro atoms. The number of hydrogen-bond donors (Lipinski definition) is 1. The van der Waals surface area contributed by atoms with Crippen LogP contribution in [-0.2, 0) is 4.79 Å². The Balaban J connectivity index is 1.89. The lowest BCUT2D eigenvalue weighted by molar-refractivity contribution is -0.384. The predicted octanol–water partition coefficient (Wildman–Crippen LogP) is 2.55. The molecule has 21 heavy (non-hydrogen) atoms. The van der Waals surface area contributed by atoms with Gasteiger partial charge in [-0.25, -0.2) is 4.39 Å². The van der Waals surface area contributed by atoms with Gasteiger partial charge in [-0.15, -0.1) is 0 Å². The Morgan fingerprint density at radius 3 is 2.71 bits per heavy atom. The van der Waals surface area contributed by atoms with E-state index in [1.165, 1.54) is 0 Å². The molecule has 0 radical (unpaired) electrons. The predicted molar refractivity (Wildman–Crippen MR) is 76.6 cm³/mol. The molecule has 2 rings (SSSR count). The monoisotopic (exact) mass is 295 g/mol. The summed E-state index contributed by atoms with van der Waals surface area (Å²) in [4.78, 5) is 24.0. The van der Waals surface area contributed by atoms with Crippen LogP contribution in [0.5, 0.6) is 0 Å². The highest BCUT2D eigenvalue weighted by atomic mass is 19.1. The van der Waals surface area contributed by atoms with Crippen molar-refractivity contribution in [1.29, 1.82) is 0 Å². The van der Waals surface area contributed by atoms with Crippen molar-refractivity contribution in [2.45, 2.75) is 25.7 Å². The zero-order valence-corrected chi connectivity index (χ0v) is 11.7. The van der Waals surface area contributed by atoms with Gasteiger partial charge in [-0.2, -0.15) is 0 Å². The first kappa shape index (κ1) is 15.2. The van der Waals surface area contributed by atoms with E-state index in [4.69, 9.17) is 0 Å². The van der Waals surface area contributed by atoms with Crippen molar-refractivity contribution in [3.05, 3.63) is 34.1 Å². The minimum Gasteiger partial charge on any atom is -0.379 e. The number of hydrogen-bond acceptors (Lipinski definition) is 4. The Bertz CT molecular complexity index is 530. The SMILES string of the molecule is O=C(CCNc1cc(F)ccc1[N+](=O)[O-])N1CCCCC1. The van der Waals surface area contributed by atoms with E-state index in [0.29, 0.717) is 0 Å². The van der Waals surface area contributed by atoms with Gasteiger partial charge in [0.05, 0.1) is 4.92 Å². The third kappa shape index (κ3) is 4.14. The van der Waals surface area contributed by atoms with Gasteiger partial charge in [-0.1, -0.05) is 0 Å². The maximum absolute atomic E-state index is 13.1. The van der Waals surface area contributed by atoms with Crippen LogP contribution in [0, 0.1) is 15.9 Å². The Hall–Kier alpha value is -2.18. The molecule has 0 unspecified atom stereocenters. The Morgan fingerprint density at radius 1 is 1.33 bits per heavy atom. The van der Waals surface area contributed by atoms with Gasteiger partial charge < -0.3 is 10.2 Å². The molecular formula is C14H18FN3O3. The van der Waals surface area contributed by atoms with Crippen LogP contribution < -0.4 is 5.32 Å². The highest BCUT2D eigenvalue weighted by Crippen LogP contribution is 2.24. The van der Waals surface area contributed by atoms with E-state index in [1.54, 1.807) is 0 Å². The van der Waals surface area contributed by atoms with Gasteiger partial charge in [0.2, 0.25) is 5.91 Å². The molecule has 0 atom stereocenters. The number of nitro benzene ring substituents is 1. The third-order valence-electron chi connectivity index (χ3n) is 3.52. The molecule has 1 aromatic carbocycles. The first-order chi connectivity index (χ1) is 10.1. The largest absolute Gasteiger partial charge is 0.379 e. The number of rotatable bonds is 5. The van der Waals surface area contributed by atoms with Gasteiger partial charge in [0.1, 0.15) is 11.5 Å². The van der Waals surface area contributed by atoms with E-state index >= 15 is 0 Å². The van der Waals surface area contributed by atoms with Crippen molar-refractivity contribution < 1.29 is 14.1 Å². The average molecular weight is 295 g/mol. The maximum atomic E-state index is 13.1. The van der Waals surface area contributed by atoms with E-state index in [9.17, 15) is 19.3 Å². The minimum atomic E-state index is -0.575. The van der Waals surface area contributed by atoms with Gasteiger partial charge >= 0.3 is 0 Å². The number of nitrogens with zero attached hydrogens (tertiary/aromatic N) is 2. The van der Waals surface area contributed by atoms with Crippen LogP contribution in [0.2, 0.25) is 0 Å². The molecule has 0 saturated carbocycles. The lowest BCUT2D eigenvalue weighted by Crippen LogP contribution is -2.36. The highest BCUT2D eigenvalue weighted by Gasteiger charge is 2.17. The second-order valence-corrected chi connectivity index (χ2v) is 5.04. The summed E-state index contributed by atoms with van der Waals surface area (Å²) in [6.07, 6.45) is 3.44. The summed E-state index contributed by atoms with van der Waals surface area (Å²) in [6, 6.07) is 3.23. The summed E-state index contributed by atoms with van der Waals surface area (Å²) in [5.74, 6) is -0.522. The van der Waals surface area contributed by atoms with Crippen LogP contribution in [0.3, 0.4) is 0 Å². The molecule has 1 aliphatic heterocycles. The zero-order chi connectivity index (χ0) is 15.2. The summed E-state index contributed by atoms with van der Waals surface area (Å²) < 4.78 is 13.1. The molecule has 0 aromatic heterocycles. The second kappa shape index (κ2) is 7.01. The molecule has 0 bridgehead atoms. The van der Waals surface area contributed by atoms with Crippen LogP contribution in [0.15, 0.2) is 18.2 Å². The molecule has 1 amide bonds. The average Bonchev–Trinajstić information content (AvgIpc) is 2.48. The summed E-state index contributed by atoms with van der Waals surface area (Å²) in [6.45, 7) is 1.80. The molecule has 1 fully saturated rings. The number of halogens is 1. The Kier molecular flexibility index (Phi) is 5.08. The van der Waals surface area contributed by atoms with Crippen molar-refractivity contribution in [3.8, 4) is 0 Å². The maximum Gasteiger partial charge on any atom is 0.292 e. The number of nitro groups is 1. The molecular weight excluding hydrogens is 277 g/mol. The molecule has 0 aliphatic carbocycles. The van der Waals surface area contributed by atoms with E-state index in [1.807, 2.05) is 4.90 Å². The van der Waals surface area contributed by atoms with Gasteiger partial charge in [0.15, 0.2) is 0 Å². The first-order valence-corrected chi connectivity index (χ1v) is 7.03. The number of nitrogens with one attached hydrogen (secondary N) is 1. The van der Waals surface area contributed by atoms with E-state index in [-0.39, 0.29) is 30.2 Å².